The summed E-state index contributed by atoms with van der Waals surface area (Å²) >= 11 is 0. The minimum absolute atomic E-state index is 0.0804. The Morgan fingerprint density at radius 1 is 1.35 bits per heavy atom. The van der Waals surface area contributed by atoms with Gasteiger partial charge in [-0.15, -0.1) is 0 Å². The first-order valence-corrected chi connectivity index (χ1v) is 6.17. The zero-order valence-corrected chi connectivity index (χ0v) is 11.1. The lowest BCUT2D eigenvalue weighted by Crippen LogP contribution is -2.31. The molecule has 0 spiro atoms. The minimum Gasteiger partial charge on any atom is -0.329 e. The normalized spacial score (nSPS) is 12.3. The molecule has 3 nitrogen and oxygen atoms in total. The summed E-state index contributed by atoms with van der Waals surface area (Å²) in [4.78, 5) is 4.77. The van der Waals surface area contributed by atoms with Crippen LogP contribution < -0.4 is 5.73 Å². The Morgan fingerprint density at radius 3 is 2.65 bits per heavy atom. The summed E-state index contributed by atoms with van der Waals surface area (Å²) in [6.45, 7) is 10.1. The lowest BCUT2D eigenvalue weighted by molar-refractivity contribution is 0.477. The standard InChI is InChI=1S/C14H21N3/c1-5-17-12-7-6-10(2)8-11(12)16-13(17)14(3,4)9-15/h6-8H,5,9,15H2,1-4H3. The predicted octanol–water partition coefficient (Wildman–Crippen LogP) is 2.60. The predicted molar refractivity (Wildman–Crippen MR) is 72.2 cm³/mol. The molecule has 1 heterocycles. The summed E-state index contributed by atoms with van der Waals surface area (Å²) < 4.78 is 2.27. The quantitative estimate of drug-likeness (QED) is 0.882. The molecular formula is C14H21N3. The van der Waals surface area contributed by atoms with E-state index in [1.807, 2.05) is 0 Å². The summed E-state index contributed by atoms with van der Waals surface area (Å²) in [7, 11) is 0. The maximum atomic E-state index is 5.86. The van der Waals surface area contributed by atoms with Gasteiger partial charge in [0.15, 0.2) is 0 Å². The summed E-state index contributed by atoms with van der Waals surface area (Å²) in [5, 5.41) is 0. The molecule has 0 atom stereocenters. The van der Waals surface area contributed by atoms with Crippen molar-refractivity contribution >= 4 is 11.0 Å². The fourth-order valence-corrected chi connectivity index (χ4v) is 2.17. The number of aryl methyl sites for hydroxylation is 2. The number of rotatable bonds is 3. The molecule has 0 aliphatic heterocycles. The number of hydrogen-bond acceptors (Lipinski definition) is 2. The average molecular weight is 231 g/mol. The van der Waals surface area contributed by atoms with Crippen LogP contribution in [0.2, 0.25) is 0 Å². The van der Waals surface area contributed by atoms with Gasteiger partial charge in [-0.3, -0.25) is 0 Å². The number of aromatic nitrogens is 2. The second kappa shape index (κ2) is 4.15. The summed E-state index contributed by atoms with van der Waals surface area (Å²) in [6, 6.07) is 6.42. The van der Waals surface area contributed by atoms with Gasteiger partial charge in [0.25, 0.3) is 0 Å². The van der Waals surface area contributed by atoms with Crippen molar-refractivity contribution in [1.29, 1.82) is 0 Å². The highest BCUT2D eigenvalue weighted by Gasteiger charge is 2.25. The molecule has 0 fully saturated rings. The molecule has 0 amide bonds. The van der Waals surface area contributed by atoms with Crippen molar-refractivity contribution < 1.29 is 0 Å². The van der Waals surface area contributed by atoms with Crippen LogP contribution >= 0.6 is 0 Å². The van der Waals surface area contributed by atoms with Crippen molar-refractivity contribution in [3.63, 3.8) is 0 Å². The Labute approximate surface area is 103 Å². The van der Waals surface area contributed by atoms with Gasteiger partial charge in [0, 0.05) is 18.5 Å². The molecule has 92 valence electrons. The number of nitrogens with two attached hydrogens (primary N) is 1. The number of nitrogens with zero attached hydrogens (tertiary/aromatic N) is 2. The van der Waals surface area contributed by atoms with Crippen LogP contribution in [0, 0.1) is 6.92 Å². The maximum Gasteiger partial charge on any atom is 0.116 e. The molecule has 0 unspecified atom stereocenters. The zero-order chi connectivity index (χ0) is 12.6. The molecule has 0 aliphatic carbocycles. The van der Waals surface area contributed by atoms with Crippen molar-refractivity contribution in [2.24, 2.45) is 5.73 Å². The van der Waals surface area contributed by atoms with Gasteiger partial charge in [-0.05, 0) is 31.5 Å². The third kappa shape index (κ3) is 1.95. The monoisotopic (exact) mass is 231 g/mol. The fourth-order valence-electron chi connectivity index (χ4n) is 2.17. The van der Waals surface area contributed by atoms with Crippen LogP contribution in [0.15, 0.2) is 18.2 Å². The Hall–Kier alpha value is -1.35. The molecular weight excluding hydrogens is 210 g/mol. The number of benzene rings is 1. The molecule has 0 saturated carbocycles. The van der Waals surface area contributed by atoms with E-state index in [-0.39, 0.29) is 5.41 Å². The summed E-state index contributed by atoms with van der Waals surface area (Å²) in [5.41, 5.74) is 9.30. The second-order valence-electron chi connectivity index (χ2n) is 5.26. The molecule has 17 heavy (non-hydrogen) atoms. The average Bonchev–Trinajstić information content (AvgIpc) is 2.67. The van der Waals surface area contributed by atoms with E-state index in [9.17, 15) is 0 Å². The summed E-state index contributed by atoms with van der Waals surface area (Å²) in [5.74, 6) is 1.09. The van der Waals surface area contributed by atoms with Crippen molar-refractivity contribution in [1.82, 2.24) is 9.55 Å². The van der Waals surface area contributed by atoms with Gasteiger partial charge < -0.3 is 10.3 Å². The largest absolute Gasteiger partial charge is 0.329 e. The third-order valence-electron chi connectivity index (χ3n) is 3.34. The van der Waals surface area contributed by atoms with Crippen LogP contribution in [0.3, 0.4) is 0 Å². The fraction of sp³-hybridized carbons (Fsp3) is 0.500. The first kappa shape index (κ1) is 12.1. The molecule has 0 saturated heterocycles. The van der Waals surface area contributed by atoms with Gasteiger partial charge in [0.2, 0.25) is 0 Å². The Bertz CT molecular complexity index is 538. The number of imidazole rings is 1. The molecule has 0 radical (unpaired) electrons. The molecule has 2 N–H and O–H groups in total. The smallest absolute Gasteiger partial charge is 0.116 e. The SMILES string of the molecule is CCn1c(C(C)(C)CN)nc2cc(C)ccc21. The van der Waals surface area contributed by atoms with Gasteiger partial charge in [-0.2, -0.15) is 0 Å². The minimum atomic E-state index is -0.0804. The highest BCUT2D eigenvalue weighted by Crippen LogP contribution is 2.26. The van der Waals surface area contributed by atoms with Crippen LogP contribution in [0.5, 0.6) is 0 Å². The lowest BCUT2D eigenvalue weighted by atomic mass is 9.92. The Kier molecular flexibility index (Phi) is 2.96. The van der Waals surface area contributed by atoms with E-state index >= 15 is 0 Å². The first-order chi connectivity index (χ1) is 7.99. The van der Waals surface area contributed by atoms with E-state index in [0.29, 0.717) is 6.54 Å². The van der Waals surface area contributed by atoms with E-state index < -0.39 is 0 Å². The number of hydrogen-bond donors (Lipinski definition) is 1. The van der Waals surface area contributed by atoms with Crippen LogP contribution in [0.1, 0.15) is 32.2 Å². The van der Waals surface area contributed by atoms with E-state index in [0.717, 1.165) is 17.9 Å². The maximum absolute atomic E-state index is 5.86. The molecule has 0 bridgehead atoms. The van der Waals surface area contributed by atoms with Gasteiger partial charge in [0.1, 0.15) is 5.82 Å². The molecule has 2 rings (SSSR count). The third-order valence-corrected chi connectivity index (χ3v) is 3.34. The Balaban J connectivity index is 2.72. The van der Waals surface area contributed by atoms with Crippen LogP contribution in [0.25, 0.3) is 11.0 Å². The lowest BCUT2D eigenvalue weighted by Gasteiger charge is -2.22. The van der Waals surface area contributed by atoms with E-state index in [1.54, 1.807) is 0 Å². The van der Waals surface area contributed by atoms with Gasteiger partial charge >= 0.3 is 0 Å². The highest BCUT2D eigenvalue weighted by molar-refractivity contribution is 5.77. The van der Waals surface area contributed by atoms with Gasteiger partial charge in [0.05, 0.1) is 11.0 Å². The molecule has 2 aromatic rings. The van der Waals surface area contributed by atoms with Gasteiger partial charge in [-0.1, -0.05) is 19.9 Å². The molecule has 0 aliphatic rings. The molecule has 1 aromatic carbocycles. The van der Waals surface area contributed by atoms with Gasteiger partial charge in [-0.25, -0.2) is 4.98 Å². The summed E-state index contributed by atoms with van der Waals surface area (Å²) in [6.07, 6.45) is 0. The highest BCUT2D eigenvalue weighted by atomic mass is 15.1. The number of fused-ring (bicyclic) bond motifs is 1. The molecule has 1 aromatic heterocycles. The van der Waals surface area contributed by atoms with Crippen LogP contribution in [-0.4, -0.2) is 16.1 Å². The van der Waals surface area contributed by atoms with E-state index in [4.69, 9.17) is 10.7 Å². The van der Waals surface area contributed by atoms with Crippen molar-refractivity contribution in [2.45, 2.75) is 39.7 Å². The van der Waals surface area contributed by atoms with Crippen molar-refractivity contribution in [2.75, 3.05) is 6.54 Å². The van der Waals surface area contributed by atoms with Crippen molar-refractivity contribution in [3.8, 4) is 0 Å². The second-order valence-corrected chi connectivity index (χ2v) is 5.26. The van der Waals surface area contributed by atoms with E-state index in [2.05, 4.69) is 50.5 Å². The molecule has 3 heteroatoms. The topological polar surface area (TPSA) is 43.8 Å². The Morgan fingerprint density at radius 2 is 2.06 bits per heavy atom. The van der Waals surface area contributed by atoms with Crippen LogP contribution in [0.4, 0.5) is 0 Å². The van der Waals surface area contributed by atoms with E-state index in [1.165, 1.54) is 11.1 Å². The zero-order valence-electron chi connectivity index (χ0n) is 11.1. The first-order valence-electron chi connectivity index (χ1n) is 6.17. The van der Waals surface area contributed by atoms with Crippen LogP contribution in [-0.2, 0) is 12.0 Å². The van der Waals surface area contributed by atoms with Crippen molar-refractivity contribution in [3.05, 3.63) is 29.6 Å².